The van der Waals surface area contributed by atoms with Gasteiger partial charge in [-0.2, -0.15) is 0 Å². The van der Waals surface area contributed by atoms with Crippen LogP contribution in [0.2, 0.25) is 0 Å². The molecule has 0 unspecified atom stereocenters. The van der Waals surface area contributed by atoms with Crippen LogP contribution in [-0.4, -0.2) is 40.0 Å². The normalized spacial score (nSPS) is 16.6. The summed E-state index contributed by atoms with van der Waals surface area (Å²) in [7, 11) is 0. The van der Waals surface area contributed by atoms with Gasteiger partial charge in [-0.05, 0) is 31.2 Å². The van der Waals surface area contributed by atoms with E-state index in [1.54, 1.807) is 0 Å². The third-order valence-corrected chi connectivity index (χ3v) is 5.40. The average molecular weight is 376 g/mol. The number of aromatic nitrogens is 3. The van der Waals surface area contributed by atoms with E-state index in [2.05, 4.69) is 43.4 Å². The summed E-state index contributed by atoms with van der Waals surface area (Å²) in [4.78, 5) is 26.7. The summed E-state index contributed by atoms with van der Waals surface area (Å²) in [5.74, 6) is 0.287. The van der Waals surface area contributed by atoms with Crippen LogP contribution < -0.4 is 16.0 Å². The van der Waals surface area contributed by atoms with Crippen molar-refractivity contribution in [2.24, 2.45) is 5.73 Å². The number of nitrogens with two attached hydrogens (primary N) is 1. The molecule has 1 atom stereocenters. The first-order valence-electron chi connectivity index (χ1n) is 9.48. The van der Waals surface area contributed by atoms with Crippen molar-refractivity contribution in [3.63, 3.8) is 0 Å². The standard InChI is InChI=1S/C21H24N6O/c1-13-14(2)25-20(19(22)28)26-21(13)27-8-7-17(12-27)24-11-16-10-23-9-15-5-3-4-6-18(15)16/h3-6,9-10,17,24H,7-8,11-12H2,1-2H3,(H2,22,28)/t17-/m1/s1. The number of pyridine rings is 1. The average Bonchev–Trinajstić information content (AvgIpc) is 3.17. The predicted octanol–water partition coefficient (Wildman–Crippen LogP) is 2.11. The number of benzene rings is 1. The molecule has 2 aromatic heterocycles. The fourth-order valence-corrected chi connectivity index (χ4v) is 3.73. The summed E-state index contributed by atoms with van der Waals surface area (Å²) in [5.41, 5.74) is 8.36. The number of anilines is 1. The first-order chi connectivity index (χ1) is 13.5. The second kappa shape index (κ2) is 7.52. The Morgan fingerprint density at radius 2 is 2.07 bits per heavy atom. The molecule has 1 saturated heterocycles. The Balaban J connectivity index is 1.47. The number of hydrogen-bond donors (Lipinski definition) is 2. The number of hydrogen-bond acceptors (Lipinski definition) is 6. The highest BCUT2D eigenvalue weighted by molar-refractivity contribution is 5.89. The van der Waals surface area contributed by atoms with E-state index in [4.69, 9.17) is 5.73 Å². The number of aryl methyl sites for hydroxylation is 1. The Kier molecular flexibility index (Phi) is 4.92. The maximum atomic E-state index is 11.5. The van der Waals surface area contributed by atoms with Crippen molar-refractivity contribution in [2.45, 2.75) is 32.9 Å². The Bertz CT molecular complexity index is 1030. The maximum Gasteiger partial charge on any atom is 0.286 e. The molecule has 1 aromatic carbocycles. The fourth-order valence-electron chi connectivity index (χ4n) is 3.73. The van der Waals surface area contributed by atoms with Gasteiger partial charge in [-0.1, -0.05) is 24.3 Å². The molecule has 7 heteroatoms. The Labute approximate surface area is 164 Å². The number of carbonyl (C=O) groups excluding carboxylic acids is 1. The van der Waals surface area contributed by atoms with Gasteiger partial charge in [0.1, 0.15) is 5.82 Å². The molecule has 1 aliphatic rings. The van der Waals surface area contributed by atoms with Crippen LogP contribution in [0.15, 0.2) is 36.7 Å². The number of rotatable bonds is 5. The number of primary amides is 1. The number of carbonyl (C=O) groups is 1. The molecule has 28 heavy (non-hydrogen) atoms. The fraction of sp³-hybridized carbons (Fsp3) is 0.333. The molecule has 0 bridgehead atoms. The van der Waals surface area contributed by atoms with Gasteiger partial charge in [-0.25, -0.2) is 9.97 Å². The minimum absolute atomic E-state index is 0.0799. The van der Waals surface area contributed by atoms with Crippen LogP contribution in [0.4, 0.5) is 5.82 Å². The summed E-state index contributed by atoms with van der Waals surface area (Å²) >= 11 is 0. The summed E-state index contributed by atoms with van der Waals surface area (Å²) in [5, 5.41) is 6.03. The van der Waals surface area contributed by atoms with Gasteiger partial charge in [0, 0.05) is 54.7 Å². The van der Waals surface area contributed by atoms with Crippen LogP contribution in [-0.2, 0) is 6.54 Å². The highest BCUT2D eigenvalue weighted by atomic mass is 16.1. The maximum absolute atomic E-state index is 11.5. The molecule has 3 N–H and O–H groups in total. The highest BCUT2D eigenvalue weighted by Crippen LogP contribution is 2.24. The summed E-state index contributed by atoms with van der Waals surface area (Å²) in [6.45, 7) is 6.33. The molecule has 0 spiro atoms. The number of amides is 1. The number of nitrogens with zero attached hydrogens (tertiary/aromatic N) is 4. The second-order valence-electron chi connectivity index (χ2n) is 7.28. The largest absolute Gasteiger partial charge is 0.363 e. The van der Waals surface area contributed by atoms with E-state index in [1.165, 1.54) is 10.9 Å². The van der Waals surface area contributed by atoms with Gasteiger partial charge in [0.15, 0.2) is 0 Å². The molecule has 1 fully saturated rings. The zero-order valence-corrected chi connectivity index (χ0v) is 16.1. The van der Waals surface area contributed by atoms with Crippen molar-refractivity contribution >= 4 is 22.5 Å². The van der Waals surface area contributed by atoms with Crippen molar-refractivity contribution in [1.29, 1.82) is 0 Å². The predicted molar refractivity (Wildman–Crippen MR) is 109 cm³/mol. The van der Waals surface area contributed by atoms with Crippen LogP contribution in [0.25, 0.3) is 10.8 Å². The summed E-state index contributed by atoms with van der Waals surface area (Å²) in [6.07, 6.45) is 4.83. The van der Waals surface area contributed by atoms with Crippen LogP contribution >= 0.6 is 0 Å². The lowest BCUT2D eigenvalue weighted by atomic mass is 10.1. The van der Waals surface area contributed by atoms with Crippen LogP contribution in [0.5, 0.6) is 0 Å². The Morgan fingerprint density at radius 1 is 1.25 bits per heavy atom. The third-order valence-electron chi connectivity index (χ3n) is 5.40. The highest BCUT2D eigenvalue weighted by Gasteiger charge is 2.26. The molecule has 4 rings (SSSR count). The molecule has 3 heterocycles. The Hall–Kier alpha value is -3.06. The van der Waals surface area contributed by atoms with Gasteiger partial charge in [-0.15, -0.1) is 0 Å². The smallest absolute Gasteiger partial charge is 0.286 e. The van der Waals surface area contributed by atoms with Crippen molar-refractivity contribution < 1.29 is 4.79 Å². The molecule has 7 nitrogen and oxygen atoms in total. The first kappa shape index (κ1) is 18.3. The molecule has 0 radical (unpaired) electrons. The minimum atomic E-state index is -0.596. The topological polar surface area (TPSA) is 97.0 Å². The van der Waals surface area contributed by atoms with Crippen molar-refractivity contribution in [3.05, 3.63) is 59.3 Å². The lowest BCUT2D eigenvalue weighted by molar-refractivity contribution is 0.0990. The molecular weight excluding hydrogens is 352 g/mol. The van der Waals surface area contributed by atoms with Crippen LogP contribution in [0.3, 0.4) is 0 Å². The first-order valence-corrected chi connectivity index (χ1v) is 9.48. The van der Waals surface area contributed by atoms with E-state index in [0.29, 0.717) is 6.04 Å². The Morgan fingerprint density at radius 3 is 2.89 bits per heavy atom. The lowest BCUT2D eigenvalue weighted by Crippen LogP contribution is -2.33. The zero-order valence-electron chi connectivity index (χ0n) is 16.1. The van der Waals surface area contributed by atoms with Crippen molar-refractivity contribution in [1.82, 2.24) is 20.3 Å². The molecule has 3 aromatic rings. The lowest BCUT2D eigenvalue weighted by Gasteiger charge is -2.21. The van der Waals surface area contributed by atoms with Crippen molar-refractivity contribution in [2.75, 3.05) is 18.0 Å². The summed E-state index contributed by atoms with van der Waals surface area (Å²) in [6, 6.07) is 8.64. The van der Waals surface area contributed by atoms with E-state index < -0.39 is 5.91 Å². The summed E-state index contributed by atoms with van der Waals surface area (Å²) < 4.78 is 0. The molecule has 1 amide bonds. The van der Waals surface area contributed by atoms with E-state index in [0.717, 1.165) is 48.5 Å². The second-order valence-corrected chi connectivity index (χ2v) is 7.28. The van der Waals surface area contributed by atoms with E-state index in [1.807, 2.05) is 32.3 Å². The third kappa shape index (κ3) is 3.53. The van der Waals surface area contributed by atoms with E-state index in [-0.39, 0.29) is 5.82 Å². The van der Waals surface area contributed by atoms with Gasteiger partial charge in [0.2, 0.25) is 5.82 Å². The minimum Gasteiger partial charge on any atom is -0.363 e. The van der Waals surface area contributed by atoms with Gasteiger partial charge in [0.05, 0.1) is 0 Å². The van der Waals surface area contributed by atoms with E-state index >= 15 is 0 Å². The van der Waals surface area contributed by atoms with Crippen LogP contribution in [0, 0.1) is 13.8 Å². The number of nitrogens with one attached hydrogen (secondary N) is 1. The van der Waals surface area contributed by atoms with Gasteiger partial charge in [-0.3, -0.25) is 9.78 Å². The van der Waals surface area contributed by atoms with Crippen LogP contribution in [0.1, 0.15) is 33.9 Å². The van der Waals surface area contributed by atoms with Crippen molar-refractivity contribution in [3.8, 4) is 0 Å². The molecule has 0 saturated carbocycles. The monoisotopic (exact) mass is 376 g/mol. The number of fused-ring (bicyclic) bond motifs is 1. The van der Waals surface area contributed by atoms with Gasteiger partial charge < -0.3 is 16.0 Å². The van der Waals surface area contributed by atoms with Gasteiger partial charge >= 0.3 is 0 Å². The molecule has 144 valence electrons. The molecular formula is C21H24N6O. The zero-order chi connectivity index (χ0) is 19.7. The molecule has 1 aliphatic heterocycles. The van der Waals surface area contributed by atoms with Gasteiger partial charge in [0.25, 0.3) is 5.91 Å². The SMILES string of the molecule is Cc1nc(C(N)=O)nc(N2CC[C@@H](NCc3cncc4ccccc34)C2)c1C. The van der Waals surface area contributed by atoms with E-state index in [9.17, 15) is 4.79 Å². The molecule has 0 aliphatic carbocycles. The quantitative estimate of drug-likeness (QED) is 0.708.